The molecule has 0 atom stereocenters. The predicted molar refractivity (Wildman–Crippen MR) is 68.8 cm³/mol. The minimum Gasteiger partial charge on any atom is -0.427 e. The summed E-state index contributed by atoms with van der Waals surface area (Å²) < 4.78 is 5.24. The van der Waals surface area contributed by atoms with Crippen LogP contribution < -0.4 is 4.74 Å². The van der Waals surface area contributed by atoms with Crippen LogP contribution in [-0.2, 0) is 10.1 Å². The Hall–Kier alpha value is -0.830. The first kappa shape index (κ1) is 13.2. The maximum atomic E-state index is 11.6. The number of benzene rings is 1. The van der Waals surface area contributed by atoms with E-state index in [1.807, 2.05) is 45.0 Å². The molecule has 0 spiro atoms. The van der Waals surface area contributed by atoms with E-state index in [-0.39, 0.29) is 11.4 Å². The SMILES string of the molecule is CC(C)(C)CC(=O)Oc1ccc(CBr)cc1. The van der Waals surface area contributed by atoms with E-state index in [2.05, 4.69) is 15.9 Å². The maximum absolute atomic E-state index is 11.6. The van der Waals surface area contributed by atoms with Crippen LogP contribution in [0.15, 0.2) is 24.3 Å². The average Bonchev–Trinajstić information content (AvgIpc) is 2.16. The van der Waals surface area contributed by atoms with Gasteiger partial charge in [-0.15, -0.1) is 0 Å². The van der Waals surface area contributed by atoms with Crippen molar-refractivity contribution in [3.8, 4) is 5.75 Å². The molecule has 1 aromatic carbocycles. The Morgan fingerprint density at radius 1 is 1.25 bits per heavy atom. The quantitative estimate of drug-likeness (QED) is 0.478. The summed E-state index contributed by atoms with van der Waals surface area (Å²) in [6.45, 7) is 6.05. The van der Waals surface area contributed by atoms with Gasteiger partial charge >= 0.3 is 5.97 Å². The summed E-state index contributed by atoms with van der Waals surface area (Å²) in [6, 6.07) is 7.51. The molecule has 0 amide bonds. The minimum atomic E-state index is -0.181. The molecule has 16 heavy (non-hydrogen) atoms. The van der Waals surface area contributed by atoms with Crippen molar-refractivity contribution in [3.05, 3.63) is 29.8 Å². The van der Waals surface area contributed by atoms with Crippen molar-refractivity contribution in [1.82, 2.24) is 0 Å². The standard InChI is InChI=1S/C13H17BrO2/c1-13(2,3)8-12(15)16-11-6-4-10(9-14)5-7-11/h4-7H,8-9H2,1-3H3. The molecular formula is C13H17BrO2. The van der Waals surface area contributed by atoms with Crippen LogP contribution in [0.4, 0.5) is 0 Å². The zero-order chi connectivity index (χ0) is 12.2. The smallest absolute Gasteiger partial charge is 0.311 e. The lowest BCUT2D eigenvalue weighted by molar-refractivity contribution is -0.136. The summed E-state index contributed by atoms with van der Waals surface area (Å²) in [6.07, 6.45) is 0.424. The first-order valence-electron chi connectivity index (χ1n) is 5.26. The highest BCUT2D eigenvalue weighted by Gasteiger charge is 2.17. The molecule has 0 unspecified atom stereocenters. The van der Waals surface area contributed by atoms with Crippen LogP contribution in [0.1, 0.15) is 32.8 Å². The Morgan fingerprint density at radius 3 is 2.25 bits per heavy atom. The van der Waals surface area contributed by atoms with Crippen molar-refractivity contribution in [1.29, 1.82) is 0 Å². The summed E-state index contributed by atoms with van der Waals surface area (Å²) in [5.74, 6) is 0.429. The fraction of sp³-hybridized carbons (Fsp3) is 0.462. The largest absolute Gasteiger partial charge is 0.427 e. The van der Waals surface area contributed by atoms with Gasteiger partial charge in [0, 0.05) is 5.33 Å². The van der Waals surface area contributed by atoms with Gasteiger partial charge in [0.15, 0.2) is 0 Å². The molecule has 0 aromatic heterocycles. The fourth-order valence-corrected chi connectivity index (χ4v) is 1.62. The lowest BCUT2D eigenvalue weighted by Crippen LogP contribution is -2.17. The van der Waals surface area contributed by atoms with Crippen molar-refractivity contribution in [3.63, 3.8) is 0 Å². The second kappa shape index (κ2) is 5.48. The maximum Gasteiger partial charge on any atom is 0.311 e. The lowest BCUT2D eigenvalue weighted by atomic mass is 9.92. The molecule has 0 aliphatic rings. The molecule has 2 nitrogen and oxygen atoms in total. The molecular weight excluding hydrogens is 268 g/mol. The highest BCUT2D eigenvalue weighted by atomic mass is 79.9. The molecule has 0 radical (unpaired) electrons. The van der Waals surface area contributed by atoms with Crippen LogP contribution in [0.3, 0.4) is 0 Å². The molecule has 0 N–H and O–H groups in total. The Bertz CT molecular complexity index is 349. The first-order chi connectivity index (χ1) is 7.40. The summed E-state index contributed by atoms with van der Waals surface area (Å²) in [4.78, 5) is 11.6. The van der Waals surface area contributed by atoms with E-state index in [1.54, 1.807) is 0 Å². The van der Waals surface area contributed by atoms with Gasteiger partial charge in [-0.3, -0.25) is 4.79 Å². The van der Waals surface area contributed by atoms with Crippen molar-refractivity contribution < 1.29 is 9.53 Å². The van der Waals surface area contributed by atoms with Gasteiger partial charge in [-0.2, -0.15) is 0 Å². The molecule has 0 saturated carbocycles. The van der Waals surface area contributed by atoms with E-state index in [9.17, 15) is 4.79 Å². The molecule has 1 aromatic rings. The van der Waals surface area contributed by atoms with Crippen LogP contribution >= 0.6 is 15.9 Å². The Kier molecular flexibility index (Phi) is 4.54. The van der Waals surface area contributed by atoms with Gasteiger partial charge in [0.1, 0.15) is 5.75 Å². The fourth-order valence-electron chi connectivity index (χ4n) is 1.25. The van der Waals surface area contributed by atoms with Gasteiger partial charge in [0.2, 0.25) is 0 Å². The van der Waals surface area contributed by atoms with Gasteiger partial charge in [-0.05, 0) is 23.1 Å². The molecule has 0 saturated heterocycles. The number of alkyl halides is 1. The summed E-state index contributed by atoms with van der Waals surface area (Å²) >= 11 is 3.36. The Labute approximate surface area is 105 Å². The molecule has 0 aliphatic carbocycles. The summed E-state index contributed by atoms with van der Waals surface area (Å²) in [5, 5.41) is 0.809. The molecule has 88 valence electrons. The van der Waals surface area contributed by atoms with Crippen LogP contribution in [0.5, 0.6) is 5.75 Å². The van der Waals surface area contributed by atoms with Gasteiger partial charge < -0.3 is 4.74 Å². The van der Waals surface area contributed by atoms with E-state index in [4.69, 9.17) is 4.74 Å². The molecule has 1 rings (SSSR count). The third kappa shape index (κ3) is 4.79. The van der Waals surface area contributed by atoms with Crippen molar-refractivity contribution in [2.45, 2.75) is 32.5 Å². The monoisotopic (exact) mass is 284 g/mol. The van der Waals surface area contributed by atoms with Crippen molar-refractivity contribution >= 4 is 21.9 Å². The van der Waals surface area contributed by atoms with Crippen molar-refractivity contribution in [2.75, 3.05) is 0 Å². The van der Waals surface area contributed by atoms with E-state index in [0.717, 1.165) is 10.9 Å². The second-order valence-corrected chi connectivity index (χ2v) is 5.55. The lowest BCUT2D eigenvalue weighted by Gasteiger charge is -2.16. The third-order valence-electron chi connectivity index (χ3n) is 1.98. The highest BCUT2D eigenvalue weighted by Crippen LogP contribution is 2.21. The number of carbonyl (C=O) groups excluding carboxylic acids is 1. The summed E-state index contributed by atoms with van der Waals surface area (Å²) in [7, 11) is 0. The second-order valence-electron chi connectivity index (χ2n) is 4.99. The topological polar surface area (TPSA) is 26.3 Å². The van der Waals surface area contributed by atoms with E-state index < -0.39 is 0 Å². The molecule has 0 heterocycles. The predicted octanol–water partition coefficient (Wildman–Crippen LogP) is 3.92. The first-order valence-corrected chi connectivity index (χ1v) is 6.38. The molecule has 0 aliphatic heterocycles. The summed E-state index contributed by atoms with van der Waals surface area (Å²) in [5.41, 5.74) is 1.13. The number of halogens is 1. The van der Waals surface area contributed by atoms with Crippen molar-refractivity contribution in [2.24, 2.45) is 5.41 Å². The molecule has 3 heteroatoms. The normalized spacial score (nSPS) is 11.2. The Balaban J connectivity index is 2.56. The highest BCUT2D eigenvalue weighted by molar-refractivity contribution is 9.08. The number of ether oxygens (including phenoxy) is 1. The number of hydrogen-bond acceptors (Lipinski definition) is 2. The number of esters is 1. The third-order valence-corrected chi connectivity index (χ3v) is 2.63. The number of hydrogen-bond donors (Lipinski definition) is 0. The van der Waals surface area contributed by atoms with Crippen LogP contribution in [-0.4, -0.2) is 5.97 Å². The van der Waals surface area contributed by atoms with E-state index >= 15 is 0 Å². The average molecular weight is 285 g/mol. The van der Waals surface area contributed by atoms with E-state index in [1.165, 1.54) is 0 Å². The zero-order valence-corrected chi connectivity index (χ0v) is 11.5. The van der Waals surface area contributed by atoms with Gasteiger partial charge in [0.25, 0.3) is 0 Å². The minimum absolute atomic E-state index is 0.0348. The van der Waals surface area contributed by atoms with Gasteiger partial charge in [0.05, 0.1) is 6.42 Å². The molecule has 0 bridgehead atoms. The van der Waals surface area contributed by atoms with Crippen LogP contribution in [0, 0.1) is 5.41 Å². The zero-order valence-electron chi connectivity index (χ0n) is 9.92. The Morgan fingerprint density at radius 2 is 1.81 bits per heavy atom. The van der Waals surface area contributed by atoms with Crippen LogP contribution in [0.25, 0.3) is 0 Å². The molecule has 0 fully saturated rings. The number of rotatable bonds is 3. The van der Waals surface area contributed by atoms with E-state index in [0.29, 0.717) is 12.2 Å². The van der Waals surface area contributed by atoms with Gasteiger partial charge in [-0.1, -0.05) is 48.8 Å². The number of carbonyl (C=O) groups is 1. The van der Waals surface area contributed by atoms with Crippen LogP contribution in [0.2, 0.25) is 0 Å². The van der Waals surface area contributed by atoms with Gasteiger partial charge in [-0.25, -0.2) is 0 Å².